The fraction of sp³-hybridized carbons (Fsp3) is 0.700. The lowest BCUT2D eigenvalue weighted by atomic mass is 10.2. The summed E-state index contributed by atoms with van der Waals surface area (Å²) in [5.41, 5.74) is -0.0462. The van der Waals surface area contributed by atoms with Crippen LogP contribution in [0.4, 0.5) is 0 Å². The fourth-order valence-corrected chi connectivity index (χ4v) is 0.788. The van der Waals surface area contributed by atoms with E-state index in [0.717, 1.165) is 0 Å². The van der Waals surface area contributed by atoms with E-state index < -0.39 is 11.7 Å². The number of aliphatic hydroxyl groups excluding tert-OH is 1. The lowest BCUT2D eigenvalue weighted by molar-refractivity contribution is -0.149. The van der Waals surface area contributed by atoms with Gasteiger partial charge in [-0.3, -0.25) is 0 Å². The van der Waals surface area contributed by atoms with E-state index in [0.29, 0.717) is 5.57 Å². The number of carbonyl (C=O) groups excluding carboxylic acids is 1. The van der Waals surface area contributed by atoms with E-state index >= 15 is 0 Å². The Bertz CT molecular complexity index is 209. The molecule has 0 aliphatic carbocycles. The molecule has 0 saturated carbocycles. The molecule has 0 bridgehead atoms. The smallest absolute Gasteiger partial charge is 0.334 e. The third-order valence-electron chi connectivity index (χ3n) is 1.21. The quantitative estimate of drug-likeness (QED) is 0.527. The molecule has 0 aliphatic heterocycles. The number of aliphatic hydroxyl groups is 1. The number of rotatable bonds is 2. The average Bonchev–Trinajstić information content (AvgIpc) is 1.81. The number of esters is 1. The summed E-state index contributed by atoms with van der Waals surface area (Å²) >= 11 is 0. The zero-order valence-corrected chi connectivity index (χ0v) is 8.92. The largest absolute Gasteiger partial charge is 0.457 e. The van der Waals surface area contributed by atoms with Crippen molar-refractivity contribution in [1.82, 2.24) is 0 Å². The Labute approximate surface area is 79.4 Å². The minimum atomic E-state index is -0.618. The number of hydrogen-bond acceptors (Lipinski definition) is 3. The second-order valence-electron chi connectivity index (χ2n) is 4.09. The Hall–Kier alpha value is -0.830. The van der Waals surface area contributed by atoms with Crippen molar-refractivity contribution in [2.45, 2.75) is 46.3 Å². The van der Waals surface area contributed by atoms with Gasteiger partial charge in [0.1, 0.15) is 5.60 Å². The summed E-state index contributed by atoms with van der Waals surface area (Å²) in [5, 5.41) is 8.99. The van der Waals surface area contributed by atoms with Gasteiger partial charge in [0.2, 0.25) is 0 Å². The molecule has 76 valence electrons. The van der Waals surface area contributed by atoms with E-state index in [-0.39, 0.29) is 5.97 Å². The number of hydrogen-bond donors (Lipinski definition) is 1. The van der Waals surface area contributed by atoms with Gasteiger partial charge in [0, 0.05) is 5.57 Å². The maximum atomic E-state index is 11.3. The van der Waals surface area contributed by atoms with Crippen molar-refractivity contribution in [1.29, 1.82) is 0 Å². The highest BCUT2D eigenvalue weighted by molar-refractivity contribution is 5.88. The SMILES string of the molecule is CC(=CC(C)O)C(=O)OC(C)(C)C. The lowest BCUT2D eigenvalue weighted by Crippen LogP contribution is -2.24. The van der Waals surface area contributed by atoms with Crippen LogP contribution in [0.1, 0.15) is 34.6 Å². The normalized spacial score (nSPS) is 15.4. The number of carbonyl (C=O) groups is 1. The topological polar surface area (TPSA) is 46.5 Å². The highest BCUT2D eigenvalue weighted by atomic mass is 16.6. The van der Waals surface area contributed by atoms with Crippen molar-refractivity contribution in [3.63, 3.8) is 0 Å². The zero-order chi connectivity index (χ0) is 10.6. The first kappa shape index (κ1) is 12.2. The highest BCUT2D eigenvalue weighted by Gasteiger charge is 2.17. The molecule has 0 aromatic rings. The summed E-state index contributed by atoms with van der Waals surface area (Å²) in [4.78, 5) is 11.3. The molecule has 13 heavy (non-hydrogen) atoms. The summed E-state index contributed by atoms with van der Waals surface area (Å²) in [6.45, 7) is 8.64. The molecule has 0 fully saturated rings. The van der Waals surface area contributed by atoms with Crippen molar-refractivity contribution in [2.75, 3.05) is 0 Å². The minimum Gasteiger partial charge on any atom is -0.457 e. The van der Waals surface area contributed by atoms with Gasteiger partial charge in [-0.05, 0) is 40.7 Å². The Morgan fingerprint density at radius 1 is 1.46 bits per heavy atom. The molecule has 0 spiro atoms. The third kappa shape index (κ3) is 6.34. The monoisotopic (exact) mass is 186 g/mol. The molecule has 1 N–H and O–H groups in total. The van der Waals surface area contributed by atoms with Crippen LogP contribution in [-0.2, 0) is 9.53 Å². The van der Waals surface area contributed by atoms with Crippen LogP contribution in [0.15, 0.2) is 11.6 Å². The average molecular weight is 186 g/mol. The van der Waals surface area contributed by atoms with Crippen molar-refractivity contribution < 1.29 is 14.6 Å². The molecular weight excluding hydrogens is 168 g/mol. The molecule has 0 amide bonds. The van der Waals surface area contributed by atoms with Crippen LogP contribution in [0.3, 0.4) is 0 Å². The summed E-state index contributed by atoms with van der Waals surface area (Å²) in [7, 11) is 0. The molecule has 0 heterocycles. The second-order valence-corrected chi connectivity index (χ2v) is 4.09. The zero-order valence-electron chi connectivity index (χ0n) is 8.92. The first-order valence-corrected chi connectivity index (χ1v) is 4.32. The van der Waals surface area contributed by atoms with Gasteiger partial charge in [-0.2, -0.15) is 0 Å². The van der Waals surface area contributed by atoms with Gasteiger partial charge < -0.3 is 9.84 Å². The van der Waals surface area contributed by atoms with E-state index in [1.54, 1.807) is 34.6 Å². The van der Waals surface area contributed by atoms with Gasteiger partial charge in [-0.1, -0.05) is 0 Å². The lowest BCUT2D eigenvalue weighted by Gasteiger charge is -2.19. The van der Waals surface area contributed by atoms with E-state index in [2.05, 4.69) is 0 Å². The molecule has 0 rings (SSSR count). The van der Waals surface area contributed by atoms with Gasteiger partial charge in [0.25, 0.3) is 0 Å². The predicted octanol–water partition coefficient (Wildman–Crippen LogP) is 1.66. The van der Waals surface area contributed by atoms with Crippen LogP contribution in [0, 0.1) is 0 Å². The van der Waals surface area contributed by atoms with Crippen molar-refractivity contribution in [3.05, 3.63) is 11.6 Å². The van der Waals surface area contributed by atoms with Gasteiger partial charge in [-0.25, -0.2) is 4.79 Å². The van der Waals surface area contributed by atoms with Gasteiger partial charge in [0.05, 0.1) is 6.10 Å². The first-order chi connectivity index (χ1) is 5.72. The van der Waals surface area contributed by atoms with E-state index in [9.17, 15) is 4.79 Å². The van der Waals surface area contributed by atoms with Crippen LogP contribution in [0.25, 0.3) is 0 Å². The standard InChI is InChI=1S/C10H18O3/c1-7(6-8(2)11)9(12)13-10(3,4)5/h6,8,11H,1-5H3. The molecule has 0 aromatic heterocycles. The molecule has 1 unspecified atom stereocenters. The van der Waals surface area contributed by atoms with Crippen LogP contribution in [-0.4, -0.2) is 22.8 Å². The van der Waals surface area contributed by atoms with Gasteiger partial charge >= 0.3 is 5.97 Å². The van der Waals surface area contributed by atoms with Crippen LogP contribution < -0.4 is 0 Å². The summed E-state index contributed by atoms with van der Waals surface area (Å²) < 4.78 is 5.08. The molecule has 3 heteroatoms. The Morgan fingerprint density at radius 2 is 1.92 bits per heavy atom. The Kier molecular flexibility index (Phi) is 4.14. The molecule has 0 radical (unpaired) electrons. The molecule has 0 aliphatic rings. The molecular formula is C10H18O3. The van der Waals surface area contributed by atoms with E-state index in [1.165, 1.54) is 6.08 Å². The third-order valence-corrected chi connectivity index (χ3v) is 1.21. The molecule has 3 nitrogen and oxygen atoms in total. The maximum Gasteiger partial charge on any atom is 0.334 e. The van der Waals surface area contributed by atoms with Crippen LogP contribution in [0.5, 0.6) is 0 Å². The van der Waals surface area contributed by atoms with Crippen LogP contribution >= 0.6 is 0 Å². The molecule has 0 aromatic carbocycles. The first-order valence-electron chi connectivity index (χ1n) is 4.32. The van der Waals surface area contributed by atoms with Gasteiger partial charge in [-0.15, -0.1) is 0 Å². The minimum absolute atomic E-state index is 0.381. The van der Waals surface area contributed by atoms with Crippen molar-refractivity contribution >= 4 is 5.97 Å². The highest BCUT2D eigenvalue weighted by Crippen LogP contribution is 2.10. The second kappa shape index (κ2) is 4.42. The maximum absolute atomic E-state index is 11.3. The van der Waals surface area contributed by atoms with Gasteiger partial charge in [0.15, 0.2) is 0 Å². The molecule has 1 atom stereocenters. The van der Waals surface area contributed by atoms with Crippen LogP contribution in [0.2, 0.25) is 0 Å². The summed E-state index contributed by atoms with van der Waals surface area (Å²) in [6, 6.07) is 0. The fourth-order valence-electron chi connectivity index (χ4n) is 0.788. The summed E-state index contributed by atoms with van der Waals surface area (Å²) in [5.74, 6) is -0.381. The molecule has 0 saturated heterocycles. The summed E-state index contributed by atoms with van der Waals surface area (Å²) in [6.07, 6.45) is 0.848. The van der Waals surface area contributed by atoms with E-state index in [1.807, 2.05) is 0 Å². The van der Waals surface area contributed by atoms with Crippen molar-refractivity contribution in [3.8, 4) is 0 Å². The predicted molar refractivity (Wildman–Crippen MR) is 51.3 cm³/mol. The van der Waals surface area contributed by atoms with Crippen molar-refractivity contribution in [2.24, 2.45) is 0 Å². The van der Waals surface area contributed by atoms with E-state index in [4.69, 9.17) is 9.84 Å². The Morgan fingerprint density at radius 3 is 2.23 bits per heavy atom. The number of ether oxygens (including phenoxy) is 1. The Balaban J connectivity index is 4.29.